The standard InChI is InChI=1S/C30H31ClN4O4/c1-21-8-10-23(11-9-21)16-17-25(36)32-27-28(31)35(30(39)33(2)29(27)38)19-5-6-22-12-14-24(15-13-22)20-34-18-4-3-7-26(34)37/h8-15H,3-4,7,16-20H2,1-2H3,(H,32,36). The van der Waals surface area contributed by atoms with Gasteiger partial charge in [-0.2, -0.15) is 0 Å². The molecule has 0 saturated carbocycles. The third kappa shape index (κ3) is 7.06. The van der Waals surface area contributed by atoms with E-state index >= 15 is 0 Å². The van der Waals surface area contributed by atoms with Crippen molar-refractivity contribution in [1.29, 1.82) is 0 Å². The fraction of sp³-hybridized carbons (Fsp3) is 0.333. The summed E-state index contributed by atoms with van der Waals surface area (Å²) >= 11 is 6.41. The largest absolute Gasteiger partial charge is 0.338 e. The maximum atomic E-state index is 12.7. The molecule has 0 radical (unpaired) electrons. The lowest BCUT2D eigenvalue weighted by Crippen LogP contribution is -2.40. The third-order valence-corrected chi connectivity index (χ3v) is 7.12. The first-order valence-corrected chi connectivity index (χ1v) is 13.3. The van der Waals surface area contributed by atoms with Gasteiger partial charge in [0.05, 0.1) is 6.54 Å². The van der Waals surface area contributed by atoms with Gasteiger partial charge in [-0.15, -0.1) is 0 Å². The number of likely N-dealkylation sites (tertiary alicyclic amines) is 1. The molecule has 2 amide bonds. The summed E-state index contributed by atoms with van der Waals surface area (Å²) < 4.78 is 2.06. The number of hydrogen-bond acceptors (Lipinski definition) is 4. The van der Waals surface area contributed by atoms with Gasteiger partial charge in [0.1, 0.15) is 10.8 Å². The van der Waals surface area contributed by atoms with Gasteiger partial charge in [-0.05, 0) is 49.4 Å². The molecule has 4 rings (SSSR count). The molecule has 1 aliphatic rings. The lowest BCUT2D eigenvalue weighted by Gasteiger charge is -2.26. The van der Waals surface area contributed by atoms with Crippen LogP contribution in [0, 0.1) is 18.8 Å². The number of aryl methyl sites for hydroxylation is 2. The van der Waals surface area contributed by atoms with Crippen LogP contribution in [0.15, 0.2) is 58.1 Å². The van der Waals surface area contributed by atoms with Crippen LogP contribution in [-0.4, -0.2) is 32.4 Å². The summed E-state index contributed by atoms with van der Waals surface area (Å²) in [6.45, 7) is 3.28. The van der Waals surface area contributed by atoms with Crippen LogP contribution in [-0.2, 0) is 36.1 Å². The minimum atomic E-state index is -0.680. The van der Waals surface area contributed by atoms with Gasteiger partial charge in [0, 0.05) is 38.5 Å². The Morgan fingerprint density at radius 1 is 1.00 bits per heavy atom. The maximum Gasteiger partial charge on any atom is 0.332 e. The smallest absolute Gasteiger partial charge is 0.332 e. The molecule has 0 aliphatic carbocycles. The summed E-state index contributed by atoms with van der Waals surface area (Å²) in [5.74, 6) is 5.73. The van der Waals surface area contributed by atoms with Crippen LogP contribution in [0.1, 0.15) is 47.9 Å². The molecule has 0 atom stereocenters. The minimum absolute atomic E-state index is 0.0674. The summed E-state index contributed by atoms with van der Waals surface area (Å²) in [4.78, 5) is 51.9. The lowest BCUT2D eigenvalue weighted by molar-refractivity contribution is -0.133. The summed E-state index contributed by atoms with van der Waals surface area (Å²) in [7, 11) is 1.33. The molecule has 1 saturated heterocycles. The van der Waals surface area contributed by atoms with Crippen molar-refractivity contribution in [3.8, 4) is 11.8 Å². The van der Waals surface area contributed by atoms with Gasteiger partial charge in [-0.25, -0.2) is 4.79 Å². The zero-order valence-corrected chi connectivity index (χ0v) is 22.9. The van der Waals surface area contributed by atoms with E-state index in [0.29, 0.717) is 19.4 Å². The zero-order valence-electron chi connectivity index (χ0n) is 22.1. The molecule has 39 heavy (non-hydrogen) atoms. The number of benzene rings is 2. The predicted octanol–water partition coefficient (Wildman–Crippen LogP) is 3.64. The highest BCUT2D eigenvalue weighted by atomic mass is 35.5. The van der Waals surface area contributed by atoms with Crippen molar-refractivity contribution in [3.63, 3.8) is 0 Å². The number of aromatic nitrogens is 2. The second-order valence-corrected chi connectivity index (χ2v) is 10.1. The van der Waals surface area contributed by atoms with Crippen molar-refractivity contribution in [2.24, 2.45) is 7.05 Å². The maximum absolute atomic E-state index is 12.7. The molecular formula is C30H31ClN4O4. The van der Waals surface area contributed by atoms with E-state index < -0.39 is 11.2 Å². The van der Waals surface area contributed by atoms with E-state index in [9.17, 15) is 19.2 Å². The number of halogens is 1. The number of nitrogens with one attached hydrogen (secondary N) is 1. The SMILES string of the molecule is Cc1ccc(CCC(=O)Nc2c(Cl)n(CC#Cc3ccc(CN4CCCCC4=O)cc3)c(=O)n(C)c2=O)cc1. The average Bonchev–Trinajstić information content (AvgIpc) is 2.93. The fourth-order valence-corrected chi connectivity index (χ4v) is 4.62. The highest BCUT2D eigenvalue weighted by Crippen LogP contribution is 2.17. The second kappa shape index (κ2) is 12.6. The summed E-state index contributed by atoms with van der Waals surface area (Å²) in [5.41, 5.74) is 2.44. The van der Waals surface area contributed by atoms with Gasteiger partial charge < -0.3 is 10.2 Å². The molecule has 0 spiro atoms. The van der Waals surface area contributed by atoms with E-state index in [0.717, 1.165) is 50.8 Å². The quantitative estimate of drug-likeness (QED) is 0.362. The van der Waals surface area contributed by atoms with Crippen molar-refractivity contribution in [3.05, 3.63) is 96.8 Å². The summed E-state index contributed by atoms with van der Waals surface area (Å²) in [6.07, 6.45) is 3.25. The molecule has 3 aromatic rings. The van der Waals surface area contributed by atoms with Crippen LogP contribution in [0.3, 0.4) is 0 Å². The Labute approximate surface area is 232 Å². The summed E-state index contributed by atoms with van der Waals surface area (Å²) in [6, 6.07) is 15.4. The van der Waals surface area contributed by atoms with Gasteiger partial charge in [-0.3, -0.25) is 23.5 Å². The van der Waals surface area contributed by atoms with Gasteiger partial charge >= 0.3 is 5.69 Å². The van der Waals surface area contributed by atoms with E-state index in [1.54, 1.807) is 0 Å². The molecule has 2 aromatic carbocycles. The normalized spacial score (nSPS) is 13.1. The molecule has 2 heterocycles. The Morgan fingerprint density at radius 2 is 1.69 bits per heavy atom. The molecule has 1 aromatic heterocycles. The Morgan fingerprint density at radius 3 is 2.38 bits per heavy atom. The third-order valence-electron chi connectivity index (χ3n) is 6.72. The highest BCUT2D eigenvalue weighted by molar-refractivity contribution is 6.32. The van der Waals surface area contributed by atoms with Crippen molar-refractivity contribution in [2.45, 2.75) is 52.1 Å². The van der Waals surface area contributed by atoms with Crippen LogP contribution in [0.4, 0.5) is 5.69 Å². The van der Waals surface area contributed by atoms with E-state index in [1.807, 2.05) is 60.4 Å². The molecule has 1 fully saturated rings. The molecule has 9 heteroatoms. The van der Waals surface area contributed by atoms with Crippen molar-refractivity contribution in [1.82, 2.24) is 14.0 Å². The Hall–Kier alpha value is -4.09. The number of piperidine rings is 1. The number of nitrogens with zero attached hydrogens (tertiary/aromatic N) is 3. The van der Waals surface area contributed by atoms with E-state index in [-0.39, 0.29) is 35.6 Å². The van der Waals surface area contributed by atoms with E-state index in [1.165, 1.54) is 7.05 Å². The monoisotopic (exact) mass is 546 g/mol. The van der Waals surface area contributed by atoms with Crippen molar-refractivity contribution < 1.29 is 9.59 Å². The van der Waals surface area contributed by atoms with Crippen LogP contribution >= 0.6 is 11.6 Å². The van der Waals surface area contributed by atoms with E-state index in [4.69, 9.17) is 11.6 Å². The first-order valence-electron chi connectivity index (χ1n) is 12.9. The number of anilines is 1. The van der Waals surface area contributed by atoms with Gasteiger partial charge in [0.25, 0.3) is 5.56 Å². The number of amides is 2. The van der Waals surface area contributed by atoms with Gasteiger partial charge in [0.15, 0.2) is 0 Å². The summed E-state index contributed by atoms with van der Waals surface area (Å²) in [5, 5.41) is 2.42. The molecule has 0 unspecified atom stereocenters. The second-order valence-electron chi connectivity index (χ2n) is 9.70. The predicted molar refractivity (Wildman–Crippen MR) is 152 cm³/mol. The molecule has 1 N–H and O–H groups in total. The van der Waals surface area contributed by atoms with Crippen LogP contribution in [0.2, 0.25) is 5.15 Å². The van der Waals surface area contributed by atoms with Crippen LogP contribution < -0.4 is 16.6 Å². The lowest BCUT2D eigenvalue weighted by atomic mass is 10.1. The number of carbonyl (C=O) groups excluding carboxylic acids is 2. The Kier molecular flexibility index (Phi) is 9.05. The van der Waals surface area contributed by atoms with Gasteiger partial charge in [0.2, 0.25) is 11.8 Å². The molecule has 202 valence electrons. The number of rotatable bonds is 7. The average molecular weight is 547 g/mol. The van der Waals surface area contributed by atoms with Crippen molar-refractivity contribution in [2.75, 3.05) is 11.9 Å². The molecule has 8 nitrogen and oxygen atoms in total. The Bertz CT molecular complexity index is 1540. The molecule has 1 aliphatic heterocycles. The first kappa shape index (κ1) is 27.9. The molecule has 0 bridgehead atoms. The Balaban J connectivity index is 1.43. The van der Waals surface area contributed by atoms with E-state index in [2.05, 4.69) is 17.2 Å². The fourth-order valence-electron chi connectivity index (χ4n) is 4.36. The minimum Gasteiger partial charge on any atom is -0.338 e. The highest BCUT2D eigenvalue weighted by Gasteiger charge is 2.19. The zero-order chi connectivity index (χ0) is 27.9. The van der Waals surface area contributed by atoms with Crippen molar-refractivity contribution >= 4 is 29.1 Å². The number of carbonyl (C=O) groups is 2. The van der Waals surface area contributed by atoms with Gasteiger partial charge in [-0.1, -0.05) is 65.4 Å². The topological polar surface area (TPSA) is 93.4 Å². The van der Waals surface area contributed by atoms with Crippen LogP contribution in [0.5, 0.6) is 0 Å². The molecular weight excluding hydrogens is 516 g/mol. The number of hydrogen-bond donors (Lipinski definition) is 1. The first-order chi connectivity index (χ1) is 18.7. The van der Waals surface area contributed by atoms with Crippen LogP contribution in [0.25, 0.3) is 0 Å².